The lowest BCUT2D eigenvalue weighted by Gasteiger charge is -2.26. The fourth-order valence-corrected chi connectivity index (χ4v) is 14.6. The first kappa shape index (κ1) is 41.0. The molecule has 0 spiro atoms. The van der Waals surface area contributed by atoms with Crippen LogP contribution in [-0.4, -0.2) is 24.0 Å². The van der Waals surface area contributed by atoms with Crippen molar-refractivity contribution in [2.45, 2.75) is 125 Å². The zero-order chi connectivity index (χ0) is 39.3. The van der Waals surface area contributed by atoms with Crippen molar-refractivity contribution in [2.75, 3.05) is 11.4 Å². The molecule has 2 atom stereocenters. The number of unbranched alkanes of at least 4 members (excludes halogenated alkanes) is 5. The molecule has 0 radical (unpaired) electrons. The molecule has 0 fully saturated rings. The molecule has 57 heavy (non-hydrogen) atoms. The van der Waals surface area contributed by atoms with E-state index in [4.69, 9.17) is 17.5 Å². The molecule has 0 saturated carbocycles. The van der Waals surface area contributed by atoms with Crippen LogP contribution in [-0.2, 0) is 12.8 Å². The Morgan fingerprint density at radius 3 is 1.39 bits per heavy atom. The van der Waals surface area contributed by atoms with Crippen molar-refractivity contribution in [3.63, 3.8) is 0 Å². The van der Waals surface area contributed by atoms with Crippen LogP contribution in [0, 0.1) is 11.8 Å². The first-order valence-electron chi connectivity index (χ1n) is 21.3. The summed E-state index contributed by atoms with van der Waals surface area (Å²) in [6, 6.07) is 18.8. The Morgan fingerprint density at radius 1 is 0.491 bits per heavy atom. The Hall–Kier alpha value is -2.80. The summed E-state index contributed by atoms with van der Waals surface area (Å²) in [7, 11) is 0. The predicted molar refractivity (Wildman–Crippen MR) is 257 cm³/mol. The van der Waals surface area contributed by atoms with Crippen molar-refractivity contribution >= 4 is 121 Å². The summed E-state index contributed by atoms with van der Waals surface area (Å²) in [5.74, 6) is 1.57. The minimum absolute atomic E-state index is 0.785. The SMILES string of the molecule is CCCCCCN(c1ccc(-c2cc3sc(CC(CC)CCCC)cc3s2)c2nsnc12)c1ccc(-c2cc3sc(CC(CC)CCCC)cc3s2)c2nsnc12. The summed E-state index contributed by atoms with van der Waals surface area (Å²) >= 11 is 10.4. The molecule has 2 unspecified atom stereocenters. The van der Waals surface area contributed by atoms with E-state index in [9.17, 15) is 0 Å². The van der Waals surface area contributed by atoms with Crippen molar-refractivity contribution < 1.29 is 0 Å². The smallest absolute Gasteiger partial charge is 0.129 e. The van der Waals surface area contributed by atoms with Gasteiger partial charge >= 0.3 is 0 Å². The van der Waals surface area contributed by atoms with E-state index >= 15 is 0 Å². The van der Waals surface area contributed by atoms with Gasteiger partial charge in [-0.1, -0.05) is 105 Å². The first-order chi connectivity index (χ1) is 28.0. The van der Waals surface area contributed by atoms with Gasteiger partial charge in [0.15, 0.2) is 0 Å². The first-order valence-corrected chi connectivity index (χ1v) is 26.1. The molecular weight excluding hydrogens is 815 g/mol. The quantitative estimate of drug-likeness (QED) is 0.0673. The average Bonchev–Trinajstić information content (AvgIpc) is 4.08. The number of nitrogens with zero attached hydrogens (tertiary/aromatic N) is 5. The normalized spacial score (nSPS) is 13.2. The summed E-state index contributed by atoms with van der Waals surface area (Å²) in [6.45, 7) is 12.5. The van der Waals surface area contributed by atoms with E-state index in [0.717, 1.165) is 58.2 Å². The minimum atomic E-state index is 0.785. The number of fused-ring (bicyclic) bond motifs is 4. The fourth-order valence-electron chi connectivity index (χ4n) is 8.30. The highest BCUT2D eigenvalue weighted by atomic mass is 32.1. The van der Waals surface area contributed by atoms with Crippen LogP contribution in [0.5, 0.6) is 0 Å². The number of hydrogen-bond donors (Lipinski definition) is 0. The maximum atomic E-state index is 4.98. The van der Waals surface area contributed by atoms with Gasteiger partial charge in [0.25, 0.3) is 0 Å². The molecule has 0 saturated heterocycles. The van der Waals surface area contributed by atoms with Gasteiger partial charge in [-0.05, 0) is 79.6 Å². The lowest BCUT2D eigenvalue weighted by molar-refractivity contribution is 0.452. The molecule has 0 amide bonds. The minimum Gasteiger partial charge on any atom is -0.338 e. The van der Waals surface area contributed by atoms with Crippen LogP contribution in [0.15, 0.2) is 48.5 Å². The Morgan fingerprint density at radius 2 is 0.947 bits per heavy atom. The van der Waals surface area contributed by atoms with Crippen molar-refractivity contribution in [3.05, 3.63) is 58.3 Å². The molecule has 300 valence electrons. The molecule has 11 heteroatoms. The predicted octanol–water partition coefficient (Wildman–Crippen LogP) is 16.8. The molecule has 8 aromatic rings. The van der Waals surface area contributed by atoms with E-state index in [-0.39, 0.29) is 0 Å². The van der Waals surface area contributed by atoms with E-state index in [1.807, 2.05) is 45.3 Å². The van der Waals surface area contributed by atoms with Crippen LogP contribution in [0.4, 0.5) is 11.4 Å². The van der Waals surface area contributed by atoms with E-state index in [1.165, 1.54) is 156 Å². The molecule has 8 rings (SSSR count). The number of thiophene rings is 4. The number of benzene rings is 2. The van der Waals surface area contributed by atoms with Crippen LogP contribution < -0.4 is 4.90 Å². The maximum absolute atomic E-state index is 4.98. The van der Waals surface area contributed by atoms with Crippen molar-refractivity contribution in [1.29, 1.82) is 0 Å². The molecule has 0 N–H and O–H groups in total. The van der Waals surface area contributed by atoms with Gasteiger partial charge in [0.2, 0.25) is 0 Å². The summed E-state index contributed by atoms with van der Waals surface area (Å²) in [6.07, 6.45) is 17.5. The van der Waals surface area contributed by atoms with E-state index in [1.54, 1.807) is 0 Å². The van der Waals surface area contributed by atoms with E-state index in [2.05, 4.69) is 88.0 Å². The van der Waals surface area contributed by atoms with Crippen molar-refractivity contribution in [2.24, 2.45) is 11.8 Å². The highest BCUT2D eigenvalue weighted by Crippen LogP contribution is 2.46. The number of aromatic nitrogens is 4. The standard InChI is InChI=1S/C46H55N5S6/c1-6-11-14-15-22-51(35-20-18-33(43-45(35)49-56-47-43)37-27-41-39(54-37)25-31(52-41)23-29(9-4)16-12-7-2)36-21-19-34(44-46(36)50-57-48-44)38-28-42-40(55-38)26-32(53-42)24-30(10-5)17-13-8-3/h18-21,25-30H,6-17,22-24H2,1-5H3. The van der Waals surface area contributed by atoms with Crippen LogP contribution in [0.2, 0.25) is 0 Å². The fraction of sp³-hybridized carbons (Fsp3) is 0.478. The van der Waals surface area contributed by atoms with Crippen LogP contribution in [0.1, 0.15) is 121 Å². The van der Waals surface area contributed by atoms with Crippen molar-refractivity contribution in [3.8, 4) is 20.9 Å². The zero-order valence-corrected chi connectivity index (χ0v) is 39.0. The lowest BCUT2D eigenvalue weighted by atomic mass is 9.95. The van der Waals surface area contributed by atoms with Gasteiger partial charge in [-0.15, -0.1) is 45.3 Å². The van der Waals surface area contributed by atoms with Crippen LogP contribution in [0.25, 0.3) is 61.7 Å². The van der Waals surface area contributed by atoms with Crippen LogP contribution in [0.3, 0.4) is 0 Å². The Labute approximate surface area is 362 Å². The summed E-state index contributed by atoms with van der Waals surface area (Å²) in [4.78, 5) is 8.07. The highest BCUT2D eigenvalue weighted by Gasteiger charge is 2.24. The number of hydrogen-bond acceptors (Lipinski definition) is 11. The summed E-state index contributed by atoms with van der Waals surface area (Å²) in [5.41, 5.74) is 8.51. The second-order valence-electron chi connectivity index (χ2n) is 15.7. The van der Waals surface area contributed by atoms with Gasteiger partial charge in [0, 0.05) is 56.0 Å². The van der Waals surface area contributed by atoms with Gasteiger partial charge in [-0.25, -0.2) is 0 Å². The second-order valence-corrected chi connectivity index (χ2v) is 21.3. The average molecular weight is 870 g/mol. The maximum Gasteiger partial charge on any atom is 0.129 e. The molecular formula is C46H55N5S6. The summed E-state index contributed by atoms with van der Waals surface area (Å²) < 4.78 is 25.4. The van der Waals surface area contributed by atoms with Gasteiger partial charge in [0.05, 0.1) is 34.8 Å². The van der Waals surface area contributed by atoms with E-state index in [0.29, 0.717) is 0 Å². The molecule has 0 aliphatic heterocycles. The third-order valence-electron chi connectivity index (χ3n) is 11.7. The van der Waals surface area contributed by atoms with Gasteiger partial charge in [0.1, 0.15) is 22.1 Å². The largest absolute Gasteiger partial charge is 0.338 e. The molecule has 0 aliphatic carbocycles. The molecule has 0 bridgehead atoms. The third-order valence-corrected chi connectivity index (χ3v) is 17.5. The zero-order valence-electron chi connectivity index (χ0n) is 34.1. The van der Waals surface area contributed by atoms with E-state index < -0.39 is 0 Å². The highest BCUT2D eigenvalue weighted by molar-refractivity contribution is 7.30. The summed E-state index contributed by atoms with van der Waals surface area (Å²) in [5, 5.41) is 0. The lowest BCUT2D eigenvalue weighted by Crippen LogP contribution is -2.19. The van der Waals surface area contributed by atoms with Gasteiger partial charge < -0.3 is 4.90 Å². The van der Waals surface area contributed by atoms with Gasteiger partial charge in [-0.3, -0.25) is 0 Å². The molecule has 0 aliphatic rings. The topological polar surface area (TPSA) is 54.8 Å². The van der Waals surface area contributed by atoms with Crippen LogP contribution >= 0.6 is 68.8 Å². The molecule has 2 aromatic carbocycles. The Bertz CT molecular complexity index is 2300. The monoisotopic (exact) mass is 869 g/mol. The Kier molecular flexibility index (Phi) is 13.7. The Balaban J connectivity index is 1.10. The third kappa shape index (κ3) is 8.90. The van der Waals surface area contributed by atoms with Crippen molar-refractivity contribution in [1.82, 2.24) is 17.5 Å². The van der Waals surface area contributed by atoms with Gasteiger partial charge in [-0.2, -0.15) is 17.5 Å². The number of anilines is 2. The molecule has 5 nitrogen and oxygen atoms in total. The number of rotatable bonds is 21. The molecule has 6 aromatic heterocycles. The molecule has 6 heterocycles. The second kappa shape index (κ2) is 19.1.